The van der Waals surface area contributed by atoms with Gasteiger partial charge in [0.15, 0.2) is 4.34 Å². The van der Waals surface area contributed by atoms with E-state index < -0.39 is 0 Å². The lowest BCUT2D eigenvalue weighted by Gasteiger charge is -2.34. The summed E-state index contributed by atoms with van der Waals surface area (Å²) in [5.74, 6) is 1.84. The minimum Gasteiger partial charge on any atom is -0.352 e. The molecule has 1 amide bonds. The molecule has 1 aliphatic rings. The lowest BCUT2D eigenvalue weighted by molar-refractivity contribution is -0.119. The zero-order chi connectivity index (χ0) is 16.9. The summed E-state index contributed by atoms with van der Waals surface area (Å²) in [7, 11) is 0. The Kier molecular flexibility index (Phi) is 5.95. The third kappa shape index (κ3) is 4.39. The summed E-state index contributed by atoms with van der Waals surface area (Å²) >= 11 is 3.14. The van der Waals surface area contributed by atoms with Crippen molar-refractivity contribution >= 4 is 29.0 Å². The molecule has 0 spiro atoms. The molecule has 0 bridgehead atoms. The van der Waals surface area contributed by atoms with Crippen LogP contribution in [0.3, 0.4) is 0 Å². The Bertz CT molecular complexity index is 671. The van der Waals surface area contributed by atoms with Gasteiger partial charge in [0.2, 0.25) is 5.91 Å². The molecule has 1 aromatic heterocycles. The zero-order valence-corrected chi connectivity index (χ0v) is 15.8. The number of nitrogens with zero attached hydrogens (tertiary/aromatic N) is 1. The minimum absolute atomic E-state index is 0.127. The van der Waals surface area contributed by atoms with Gasteiger partial charge in [0, 0.05) is 17.0 Å². The van der Waals surface area contributed by atoms with Gasteiger partial charge < -0.3 is 5.32 Å². The van der Waals surface area contributed by atoms with Crippen LogP contribution in [0.4, 0.5) is 0 Å². The first-order valence-electron chi connectivity index (χ1n) is 8.56. The van der Waals surface area contributed by atoms with Gasteiger partial charge in [-0.25, -0.2) is 4.98 Å². The second kappa shape index (κ2) is 8.17. The number of amides is 1. The van der Waals surface area contributed by atoms with Gasteiger partial charge in [-0.15, -0.1) is 11.3 Å². The van der Waals surface area contributed by atoms with E-state index in [-0.39, 0.29) is 5.91 Å². The maximum absolute atomic E-state index is 12.3. The maximum Gasteiger partial charge on any atom is 0.230 e. The fourth-order valence-electron chi connectivity index (χ4n) is 3.23. The van der Waals surface area contributed by atoms with Gasteiger partial charge in [0.1, 0.15) is 0 Å². The monoisotopic (exact) mass is 360 g/mol. The van der Waals surface area contributed by atoms with Crippen LogP contribution in [0, 0.1) is 11.8 Å². The van der Waals surface area contributed by atoms with Gasteiger partial charge in [-0.1, -0.05) is 68.8 Å². The number of carbonyl (C=O) groups excluding carboxylic acids is 1. The molecule has 128 valence electrons. The standard InChI is InChI=1S/C19H24N2OS2/c1-13-7-6-10-16(14(13)2)20-18(22)12-24-19-21-17(11-23-19)15-8-4-3-5-9-15/h3-5,8-9,11,13-14,16H,6-7,10,12H2,1-2H3,(H,20,22). The molecule has 1 aromatic carbocycles. The molecule has 1 heterocycles. The Balaban J connectivity index is 1.51. The van der Waals surface area contributed by atoms with Gasteiger partial charge in [-0.3, -0.25) is 4.79 Å². The topological polar surface area (TPSA) is 42.0 Å². The van der Waals surface area contributed by atoms with Crippen LogP contribution in [0.5, 0.6) is 0 Å². The van der Waals surface area contributed by atoms with Gasteiger partial charge in [0.05, 0.1) is 11.4 Å². The minimum atomic E-state index is 0.127. The molecular formula is C19H24N2OS2. The highest BCUT2D eigenvalue weighted by Gasteiger charge is 2.28. The van der Waals surface area contributed by atoms with E-state index in [1.54, 1.807) is 11.3 Å². The summed E-state index contributed by atoms with van der Waals surface area (Å²) in [6.07, 6.45) is 3.61. The average molecular weight is 361 g/mol. The van der Waals surface area contributed by atoms with E-state index in [2.05, 4.69) is 41.7 Å². The smallest absolute Gasteiger partial charge is 0.230 e. The van der Waals surface area contributed by atoms with Crippen LogP contribution < -0.4 is 5.32 Å². The molecule has 5 heteroatoms. The molecule has 3 atom stereocenters. The van der Waals surface area contributed by atoms with Crippen molar-refractivity contribution in [3.63, 3.8) is 0 Å². The molecule has 0 radical (unpaired) electrons. The molecule has 0 saturated heterocycles. The summed E-state index contributed by atoms with van der Waals surface area (Å²) in [6, 6.07) is 10.5. The normalized spacial score (nSPS) is 23.8. The average Bonchev–Trinajstić information content (AvgIpc) is 3.07. The highest BCUT2D eigenvalue weighted by Crippen LogP contribution is 2.30. The van der Waals surface area contributed by atoms with Crippen molar-refractivity contribution in [1.82, 2.24) is 10.3 Å². The predicted octanol–water partition coefficient (Wildman–Crippen LogP) is 4.84. The summed E-state index contributed by atoms with van der Waals surface area (Å²) < 4.78 is 0.953. The maximum atomic E-state index is 12.3. The van der Waals surface area contributed by atoms with Crippen LogP contribution >= 0.6 is 23.1 Å². The predicted molar refractivity (Wildman–Crippen MR) is 102 cm³/mol. The number of benzene rings is 1. The van der Waals surface area contributed by atoms with Crippen LogP contribution in [-0.4, -0.2) is 22.7 Å². The number of hydrogen-bond acceptors (Lipinski definition) is 4. The van der Waals surface area contributed by atoms with E-state index >= 15 is 0 Å². The van der Waals surface area contributed by atoms with E-state index in [0.717, 1.165) is 22.0 Å². The molecular weight excluding hydrogens is 336 g/mol. The summed E-state index contributed by atoms with van der Waals surface area (Å²) in [5, 5.41) is 5.28. The Hall–Kier alpha value is -1.33. The second-order valence-electron chi connectivity index (χ2n) is 6.59. The lowest BCUT2D eigenvalue weighted by atomic mass is 9.78. The van der Waals surface area contributed by atoms with Crippen molar-refractivity contribution in [3.05, 3.63) is 35.7 Å². The Labute approximate surface area is 152 Å². The van der Waals surface area contributed by atoms with Gasteiger partial charge in [-0.05, 0) is 18.3 Å². The first-order chi connectivity index (χ1) is 11.6. The van der Waals surface area contributed by atoms with Crippen molar-refractivity contribution in [1.29, 1.82) is 0 Å². The molecule has 3 unspecified atom stereocenters. The number of thioether (sulfide) groups is 1. The van der Waals surface area contributed by atoms with E-state index in [1.807, 2.05) is 18.2 Å². The molecule has 2 aromatic rings. The van der Waals surface area contributed by atoms with Crippen molar-refractivity contribution in [2.75, 3.05) is 5.75 Å². The van der Waals surface area contributed by atoms with Crippen LogP contribution in [0.25, 0.3) is 11.3 Å². The first kappa shape index (κ1) is 17.5. The lowest BCUT2D eigenvalue weighted by Crippen LogP contribution is -2.44. The number of thiazole rings is 1. The fourth-order valence-corrected chi connectivity index (χ4v) is 4.87. The number of rotatable bonds is 5. The highest BCUT2D eigenvalue weighted by atomic mass is 32.2. The van der Waals surface area contributed by atoms with E-state index in [4.69, 9.17) is 0 Å². The number of carbonyl (C=O) groups is 1. The number of aromatic nitrogens is 1. The van der Waals surface area contributed by atoms with Crippen molar-refractivity contribution < 1.29 is 4.79 Å². The SMILES string of the molecule is CC1CCCC(NC(=O)CSc2nc(-c3ccccc3)cs2)C1C. The van der Waals surface area contributed by atoms with Crippen LogP contribution in [0.1, 0.15) is 33.1 Å². The molecule has 3 nitrogen and oxygen atoms in total. The molecule has 3 rings (SSSR count). The van der Waals surface area contributed by atoms with E-state index in [0.29, 0.717) is 23.6 Å². The van der Waals surface area contributed by atoms with Crippen molar-refractivity contribution in [3.8, 4) is 11.3 Å². The van der Waals surface area contributed by atoms with Gasteiger partial charge in [-0.2, -0.15) is 0 Å². The van der Waals surface area contributed by atoms with Crippen molar-refractivity contribution in [2.24, 2.45) is 11.8 Å². The van der Waals surface area contributed by atoms with Gasteiger partial charge in [0.25, 0.3) is 0 Å². The van der Waals surface area contributed by atoms with E-state index in [9.17, 15) is 4.79 Å². The van der Waals surface area contributed by atoms with Crippen LogP contribution in [-0.2, 0) is 4.79 Å². The molecule has 0 aliphatic heterocycles. The van der Waals surface area contributed by atoms with E-state index in [1.165, 1.54) is 24.6 Å². The summed E-state index contributed by atoms with van der Waals surface area (Å²) in [6.45, 7) is 4.55. The zero-order valence-electron chi connectivity index (χ0n) is 14.2. The highest BCUT2D eigenvalue weighted by molar-refractivity contribution is 8.01. The largest absolute Gasteiger partial charge is 0.352 e. The van der Waals surface area contributed by atoms with Gasteiger partial charge >= 0.3 is 0 Å². The molecule has 1 N–H and O–H groups in total. The van der Waals surface area contributed by atoms with Crippen LogP contribution in [0.15, 0.2) is 40.1 Å². The molecule has 24 heavy (non-hydrogen) atoms. The fraction of sp³-hybridized carbons (Fsp3) is 0.474. The molecule has 1 saturated carbocycles. The Morgan fingerprint density at radius 3 is 2.88 bits per heavy atom. The number of hydrogen-bond donors (Lipinski definition) is 1. The second-order valence-corrected chi connectivity index (χ2v) is 8.68. The number of nitrogens with one attached hydrogen (secondary N) is 1. The molecule has 1 fully saturated rings. The van der Waals surface area contributed by atoms with Crippen molar-refractivity contribution in [2.45, 2.75) is 43.5 Å². The summed E-state index contributed by atoms with van der Waals surface area (Å²) in [5.41, 5.74) is 2.10. The Morgan fingerprint density at radius 1 is 1.29 bits per heavy atom. The van der Waals surface area contributed by atoms with Crippen LogP contribution in [0.2, 0.25) is 0 Å². The first-order valence-corrected chi connectivity index (χ1v) is 10.4. The third-order valence-electron chi connectivity index (χ3n) is 4.93. The Morgan fingerprint density at radius 2 is 2.08 bits per heavy atom. The third-order valence-corrected chi connectivity index (χ3v) is 6.95. The molecule has 1 aliphatic carbocycles. The quantitative estimate of drug-likeness (QED) is 0.776. The summed E-state index contributed by atoms with van der Waals surface area (Å²) in [4.78, 5) is 16.9.